The van der Waals surface area contributed by atoms with Crippen molar-refractivity contribution in [3.8, 4) is 6.07 Å². The van der Waals surface area contributed by atoms with Crippen molar-refractivity contribution in [1.82, 2.24) is 19.3 Å². The maximum absolute atomic E-state index is 12.3. The van der Waals surface area contributed by atoms with E-state index in [-0.39, 0.29) is 5.69 Å². The number of pyridine rings is 1. The van der Waals surface area contributed by atoms with Crippen molar-refractivity contribution in [2.75, 3.05) is 11.9 Å². The van der Waals surface area contributed by atoms with Gasteiger partial charge in [0.05, 0.1) is 5.56 Å². The van der Waals surface area contributed by atoms with Crippen LogP contribution in [0.4, 0.5) is 5.82 Å². The third-order valence-electron chi connectivity index (χ3n) is 4.33. The zero-order valence-electron chi connectivity index (χ0n) is 14.2. The molecule has 0 unspecified atom stereocenters. The summed E-state index contributed by atoms with van der Waals surface area (Å²) in [6.45, 7) is 5.81. The summed E-state index contributed by atoms with van der Waals surface area (Å²) in [5.41, 5.74) is 2.37. The lowest BCUT2D eigenvalue weighted by molar-refractivity contribution is 0.510. The van der Waals surface area contributed by atoms with E-state index in [0.717, 1.165) is 49.3 Å². The molecule has 0 saturated heterocycles. The number of rotatable bonds is 5. The molecule has 1 aliphatic rings. The van der Waals surface area contributed by atoms with Gasteiger partial charge in [0, 0.05) is 31.7 Å². The van der Waals surface area contributed by atoms with Gasteiger partial charge in [0.15, 0.2) is 0 Å². The number of aromatic nitrogens is 4. The molecule has 2 aromatic heterocycles. The Labute approximate surface area is 140 Å². The molecule has 0 bridgehead atoms. The highest BCUT2D eigenvalue weighted by Gasteiger charge is 2.16. The van der Waals surface area contributed by atoms with Gasteiger partial charge in [0.25, 0.3) is 0 Å². The van der Waals surface area contributed by atoms with Gasteiger partial charge in [0.1, 0.15) is 17.7 Å². The molecule has 126 valence electrons. The van der Waals surface area contributed by atoms with E-state index in [0.29, 0.717) is 24.5 Å². The summed E-state index contributed by atoms with van der Waals surface area (Å²) in [5.74, 6) is 1.52. The third kappa shape index (κ3) is 3.18. The average molecular weight is 326 g/mol. The third-order valence-corrected chi connectivity index (χ3v) is 4.33. The van der Waals surface area contributed by atoms with Crippen LogP contribution in [-0.2, 0) is 19.5 Å². The highest BCUT2D eigenvalue weighted by molar-refractivity contribution is 5.56. The number of nitrogens with zero attached hydrogens (tertiary/aromatic N) is 5. The minimum atomic E-state index is -0.00746. The van der Waals surface area contributed by atoms with E-state index in [9.17, 15) is 10.1 Å². The van der Waals surface area contributed by atoms with Crippen molar-refractivity contribution in [2.24, 2.45) is 0 Å². The van der Waals surface area contributed by atoms with Crippen molar-refractivity contribution in [1.29, 1.82) is 5.26 Å². The summed E-state index contributed by atoms with van der Waals surface area (Å²) in [6, 6.07) is 4.10. The van der Waals surface area contributed by atoms with E-state index < -0.39 is 0 Å². The molecule has 0 radical (unpaired) electrons. The fourth-order valence-electron chi connectivity index (χ4n) is 3.14. The van der Waals surface area contributed by atoms with Crippen LogP contribution in [0.5, 0.6) is 0 Å². The lowest BCUT2D eigenvalue weighted by atomic mass is 10.1. The van der Waals surface area contributed by atoms with Gasteiger partial charge in [-0.2, -0.15) is 10.4 Å². The monoisotopic (exact) mass is 326 g/mol. The molecule has 0 spiro atoms. The van der Waals surface area contributed by atoms with Crippen molar-refractivity contribution in [2.45, 2.75) is 52.6 Å². The molecule has 7 heteroatoms. The van der Waals surface area contributed by atoms with E-state index in [2.05, 4.69) is 21.5 Å². The maximum atomic E-state index is 12.3. The predicted octanol–water partition coefficient (Wildman–Crippen LogP) is 1.77. The van der Waals surface area contributed by atoms with Crippen molar-refractivity contribution < 1.29 is 0 Å². The smallest absolute Gasteiger partial charge is 0.345 e. The second kappa shape index (κ2) is 6.87. The highest BCUT2D eigenvalue weighted by Crippen LogP contribution is 2.17. The molecular weight excluding hydrogens is 304 g/mol. The Balaban J connectivity index is 1.62. The summed E-state index contributed by atoms with van der Waals surface area (Å²) < 4.78 is 3.35. The van der Waals surface area contributed by atoms with E-state index in [1.807, 2.05) is 19.9 Å². The normalized spacial score (nSPS) is 13.4. The number of hydrogen-bond acceptors (Lipinski definition) is 5. The Morgan fingerprint density at radius 2 is 2.21 bits per heavy atom. The highest BCUT2D eigenvalue weighted by atomic mass is 16.2. The van der Waals surface area contributed by atoms with Crippen molar-refractivity contribution >= 4 is 5.82 Å². The zero-order chi connectivity index (χ0) is 17.1. The summed E-state index contributed by atoms with van der Waals surface area (Å²) in [5, 5.41) is 16.9. The molecule has 3 heterocycles. The minimum Gasteiger partial charge on any atom is -0.369 e. The van der Waals surface area contributed by atoms with Gasteiger partial charge in [0.2, 0.25) is 0 Å². The fourth-order valence-corrected chi connectivity index (χ4v) is 3.14. The average Bonchev–Trinajstić information content (AvgIpc) is 2.88. The van der Waals surface area contributed by atoms with E-state index in [4.69, 9.17) is 0 Å². The second-order valence-electron chi connectivity index (χ2n) is 6.23. The van der Waals surface area contributed by atoms with Gasteiger partial charge in [-0.3, -0.25) is 4.57 Å². The number of anilines is 1. The predicted molar refractivity (Wildman–Crippen MR) is 91.0 cm³/mol. The number of nitriles is 1. The Bertz CT molecular complexity index is 842. The van der Waals surface area contributed by atoms with E-state index in [1.54, 1.807) is 9.25 Å². The maximum Gasteiger partial charge on any atom is 0.345 e. The molecular formula is C17H22N6O. The number of hydrogen-bond donors (Lipinski definition) is 1. The molecule has 0 amide bonds. The molecule has 0 atom stereocenters. The molecule has 24 heavy (non-hydrogen) atoms. The van der Waals surface area contributed by atoms with Crippen LogP contribution in [0.1, 0.15) is 41.9 Å². The van der Waals surface area contributed by atoms with Crippen LogP contribution in [0.25, 0.3) is 0 Å². The molecule has 1 N–H and O–H groups in total. The van der Waals surface area contributed by atoms with Crippen molar-refractivity contribution in [3.63, 3.8) is 0 Å². The SMILES string of the molecule is Cc1cc(C)c(C#N)c(NCCCn2nc3n(c2=O)CCCC3)n1. The zero-order valence-corrected chi connectivity index (χ0v) is 14.2. The van der Waals surface area contributed by atoms with Crippen LogP contribution in [0, 0.1) is 25.2 Å². The van der Waals surface area contributed by atoms with Gasteiger partial charge in [-0.15, -0.1) is 0 Å². The Morgan fingerprint density at radius 3 is 2.96 bits per heavy atom. The van der Waals surface area contributed by atoms with E-state index in [1.165, 1.54) is 0 Å². The van der Waals surface area contributed by atoms with Crippen LogP contribution < -0.4 is 11.0 Å². The van der Waals surface area contributed by atoms with Crippen LogP contribution in [0.15, 0.2) is 10.9 Å². The Morgan fingerprint density at radius 1 is 1.38 bits per heavy atom. The number of fused-ring (bicyclic) bond motifs is 1. The molecule has 0 fully saturated rings. The standard InChI is InChI=1S/C17H22N6O/c1-12-10-13(2)20-16(14(12)11-18)19-7-5-9-23-17(24)22-8-4-3-6-15(22)21-23/h10H,3-9H2,1-2H3,(H,19,20). The molecule has 3 rings (SSSR count). The minimum absolute atomic E-state index is 0.00746. The van der Waals surface area contributed by atoms with Crippen LogP contribution in [0.3, 0.4) is 0 Å². The lowest BCUT2D eigenvalue weighted by Gasteiger charge is -2.10. The lowest BCUT2D eigenvalue weighted by Crippen LogP contribution is -2.27. The quantitative estimate of drug-likeness (QED) is 0.846. The van der Waals surface area contributed by atoms with Gasteiger partial charge in [-0.05, 0) is 44.7 Å². The molecule has 1 aliphatic heterocycles. The van der Waals surface area contributed by atoms with Crippen molar-refractivity contribution in [3.05, 3.63) is 39.2 Å². The first-order valence-electron chi connectivity index (χ1n) is 8.39. The topological polar surface area (TPSA) is 88.5 Å². The van der Waals surface area contributed by atoms with Gasteiger partial charge >= 0.3 is 5.69 Å². The molecule has 0 saturated carbocycles. The van der Waals surface area contributed by atoms with Crippen LogP contribution >= 0.6 is 0 Å². The summed E-state index contributed by atoms with van der Waals surface area (Å²) in [6.07, 6.45) is 3.79. The summed E-state index contributed by atoms with van der Waals surface area (Å²) in [4.78, 5) is 16.7. The first kappa shape index (κ1) is 16.2. The largest absolute Gasteiger partial charge is 0.369 e. The van der Waals surface area contributed by atoms with Gasteiger partial charge in [-0.1, -0.05) is 0 Å². The van der Waals surface area contributed by atoms with Crippen LogP contribution in [0.2, 0.25) is 0 Å². The van der Waals surface area contributed by atoms with Crippen LogP contribution in [-0.4, -0.2) is 25.9 Å². The first-order valence-corrected chi connectivity index (χ1v) is 8.39. The Hall–Kier alpha value is -2.62. The Kier molecular flexibility index (Phi) is 4.65. The summed E-state index contributed by atoms with van der Waals surface area (Å²) in [7, 11) is 0. The van der Waals surface area contributed by atoms with Gasteiger partial charge < -0.3 is 5.32 Å². The number of nitrogens with one attached hydrogen (secondary N) is 1. The second-order valence-corrected chi connectivity index (χ2v) is 6.23. The molecule has 0 aliphatic carbocycles. The number of aryl methyl sites for hydroxylation is 4. The van der Waals surface area contributed by atoms with E-state index >= 15 is 0 Å². The molecule has 0 aromatic carbocycles. The fraction of sp³-hybridized carbons (Fsp3) is 0.529. The summed E-state index contributed by atoms with van der Waals surface area (Å²) >= 11 is 0. The molecule has 2 aromatic rings. The molecule has 7 nitrogen and oxygen atoms in total. The first-order chi connectivity index (χ1) is 11.6. The van der Waals surface area contributed by atoms with Gasteiger partial charge in [-0.25, -0.2) is 14.5 Å².